The van der Waals surface area contributed by atoms with Gasteiger partial charge in [-0.05, 0) is 32.8 Å². The van der Waals surface area contributed by atoms with Crippen molar-refractivity contribution in [3.8, 4) is 0 Å². The van der Waals surface area contributed by atoms with E-state index in [0.717, 1.165) is 12.1 Å². The number of nitro groups is 1. The van der Waals surface area contributed by atoms with E-state index in [9.17, 15) is 10.1 Å². The second-order valence-corrected chi connectivity index (χ2v) is 3.99. The minimum atomic E-state index is -0.451. The van der Waals surface area contributed by atoms with Gasteiger partial charge in [0.15, 0.2) is 0 Å². The summed E-state index contributed by atoms with van der Waals surface area (Å²) in [4.78, 5) is 14.5. The first-order valence-corrected chi connectivity index (χ1v) is 5.54. The van der Waals surface area contributed by atoms with Crippen LogP contribution in [0.5, 0.6) is 0 Å². The lowest BCUT2D eigenvalue weighted by Gasteiger charge is -2.14. The second kappa shape index (κ2) is 6.15. The number of aromatic nitrogens is 1. The van der Waals surface area contributed by atoms with Crippen molar-refractivity contribution in [3.63, 3.8) is 0 Å². The van der Waals surface area contributed by atoms with Crippen LogP contribution in [0.3, 0.4) is 0 Å². The van der Waals surface area contributed by atoms with Crippen molar-refractivity contribution < 1.29 is 10.0 Å². The summed E-state index contributed by atoms with van der Waals surface area (Å²) in [6.07, 6.45) is 1.40. The molecule has 1 heterocycles. The van der Waals surface area contributed by atoms with E-state index in [1.54, 1.807) is 13.0 Å². The molecule has 0 saturated heterocycles. The lowest BCUT2D eigenvalue weighted by Crippen LogP contribution is -2.17. The van der Waals surface area contributed by atoms with Crippen LogP contribution >= 0.6 is 0 Å². The van der Waals surface area contributed by atoms with Gasteiger partial charge in [-0.3, -0.25) is 10.1 Å². The molecule has 0 amide bonds. The SMILES string of the molecule is Cc1ccc([N+](=O)[O-])c(NC(C)CCCO)n1. The largest absolute Gasteiger partial charge is 0.396 e. The molecule has 0 spiro atoms. The highest BCUT2D eigenvalue weighted by Gasteiger charge is 2.16. The molecule has 1 aromatic heterocycles. The van der Waals surface area contributed by atoms with Crippen LogP contribution in [-0.4, -0.2) is 27.7 Å². The van der Waals surface area contributed by atoms with Crippen LogP contribution < -0.4 is 5.32 Å². The van der Waals surface area contributed by atoms with Gasteiger partial charge in [0.25, 0.3) is 0 Å². The van der Waals surface area contributed by atoms with E-state index < -0.39 is 4.92 Å². The molecule has 6 heteroatoms. The molecule has 94 valence electrons. The van der Waals surface area contributed by atoms with Crippen LogP contribution in [0.25, 0.3) is 0 Å². The van der Waals surface area contributed by atoms with E-state index >= 15 is 0 Å². The predicted molar refractivity (Wildman–Crippen MR) is 65.0 cm³/mol. The fourth-order valence-electron chi connectivity index (χ4n) is 1.51. The summed E-state index contributed by atoms with van der Waals surface area (Å²) in [6.45, 7) is 3.81. The fourth-order valence-corrected chi connectivity index (χ4v) is 1.51. The average molecular weight is 239 g/mol. The number of pyridine rings is 1. The summed E-state index contributed by atoms with van der Waals surface area (Å²) in [5, 5.41) is 22.5. The number of aryl methyl sites for hydroxylation is 1. The number of hydrogen-bond donors (Lipinski definition) is 2. The first-order valence-electron chi connectivity index (χ1n) is 5.54. The highest BCUT2D eigenvalue weighted by atomic mass is 16.6. The second-order valence-electron chi connectivity index (χ2n) is 3.99. The van der Waals surface area contributed by atoms with Crippen LogP contribution in [-0.2, 0) is 0 Å². The molecule has 0 saturated carbocycles. The first-order chi connectivity index (χ1) is 8.04. The van der Waals surface area contributed by atoms with Gasteiger partial charge in [0.2, 0.25) is 5.82 Å². The molecule has 1 atom stereocenters. The summed E-state index contributed by atoms with van der Waals surface area (Å²) in [6, 6.07) is 3.10. The molecule has 1 rings (SSSR count). The Morgan fingerprint density at radius 2 is 2.29 bits per heavy atom. The minimum absolute atomic E-state index is 0.0218. The minimum Gasteiger partial charge on any atom is -0.396 e. The summed E-state index contributed by atoms with van der Waals surface area (Å²) in [5.74, 6) is 0.292. The third kappa shape index (κ3) is 3.99. The zero-order valence-corrected chi connectivity index (χ0v) is 10.0. The number of rotatable bonds is 6. The molecular weight excluding hydrogens is 222 g/mol. The van der Waals surface area contributed by atoms with Gasteiger partial charge in [-0.15, -0.1) is 0 Å². The molecule has 1 aromatic rings. The van der Waals surface area contributed by atoms with Gasteiger partial charge in [-0.1, -0.05) is 0 Å². The number of aliphatic hydroxyl groups is 1. The monoisotopic (exact) mass is 239 g/mol. The maximum absolute atomic E-state index is 10.8. The van der Waals surface area contributed by atoms with Crippen molar-refractivity contribution in [2.75, 3.05) is 11.9 Å². The molecule has 0 aliphatic carbocycles. The maximum atomic E-state index is 10.8. The number of hydrogen-bond acceptors (Lipinski definition) is 5. The summed E-state index contributed by atoms with van der Waals surface area (Å²) >= 11 is 0. The third-order valence-electron chi connectivity index (χ3n) is 2.39. The molecule has 2 N–H and O–H groups in total. The van der Waals surface area contributed by atoms with Gasteiger partial charge < -0.3 is 10.4 Å². The topological polar surface area (TPSA) is 88.3 Å². The Bertz CT molecular complexity index is 396. The average Bonchev–Trinajstić information content (AvgIpc) is 2.26. The van der Waals surface area contributed by atoms with E-state index in [1.165, 1.54) is 6.07 Å². The summed E-state index contributed by atoms with van der Waals surface area (Å²) < 4.78 is 0. The number of anilines is 1. The van der Waals surface area contributed by atoms with Crippen molar-refractivity contribution in [2.24, 2.45) is 0 Å². The Labute approximate surface area is 99.8 Å². The van der Waals surface area contributed by atoms with Crippen LogP contribution in [0.15, 0.2) is 12.1 Å². The predicted octanol–water partition coefficient (Wildman–Crippen LogP) is 1.87. The van der Waals surface area contributed by atoms with Gasteiger partial charge >= 0.3 is 5.69 Å². The first kappa shape index (κ1) is 13.4. The molecule has 0 fully saturated rings. The van der Waals surface area contributed by atoms with E-state index in [0.29, 0.717) is 12.2 Å². The van der Waals surface area contributed by atoms with Crippen LogP contribution in [0.2, 0.25) is 0 Å². The Morgan fingerprint density at radius 3 is 2.88 bits per heavy atom. The lowest BCUT2D eigenvalue weighted by atomic mass is 10.2. The number of nitrogens with zero attached hydrogens (tertiary/aromatic N) is 2. The summed E-state index contributed by atoms with van der Waals surface area (Å²) in [7, 11) is 0. The Hall–Kier alpha value is -1.69. The molecule has 0 radical (unpaired) electrons. The zero-order valence-electron chi connectivity index (χ0n) is 10.0. The van der Waals surface area contributed by atoms with Crippen molar-refractivity contribution >= 4 is 11.5 Å². The standard InChI is InChI=1S/C11H17N3O3/c1-8(4-3-7-15)12-11-10(14(16)17)6-5-9(2)13-11/h5-6,8,15H,3-4,7H2,1-2H3,(H,12,13). The molecule has 0 aromatic carbocycles. The van der Waals surface area contributed by atoms with Crippen LogP contribution in [0.1, 0.15) is 25.5 Å². The quantitative estimate of drug-likeness (QED) is 0.584. The van der Waals surface area contributed by atoms with Crippen LogP contribution in [0, 0.1) is 17.0 Å². The molecule has 0 aliphatic rings. The van der Waals surface area contributed by atoms with Gasteiger partial charge in [0.1, 0.15) is 0 Å². The van der Waals surface area contributed by atoms with Crippen molar-refractivity contribution in [1.29, 1.82) is 0 Å². The van der Waals surface area contributed by atoms with E-state index in [4.69, 9.17) is 5.11 Å². The summed E-state index contributed by atoms with van der Waals surface area (Å²) in [5.41, 5.74) is 0.707. The highest BCUT2D eigenvalue weighted by Crippen LogP contribution is 2.23. The third-order valence-corrected chi connectivity index (χ3v) is 2.39. The van der Waals surface area contributed by atoms with Gasteiger partial charge in [-0.2, -0.15) is 0 Å². The maximum Gasteiger partial charge on any atom is 0.311 e. The Morgan fingerprint density at radius 1 is 1.59 bits per heavy atom. The Balaban J connectivity index is 2.81. The smallest absolute Gasteiger partial charge is 0.311 e. The van der Waals surface area contributed by atoms with Gasteiger partial charge in [-0.25, -0.2) is 4.98 Å². The van der Waals surface area contributed by atoms with Crippen molar-refractivity contribution in [2.45, 2.75) is 32.7 Å². The molecule has 0 aliphatic heterocycles. The van der Waals surface area contributed by atoms with Crippen LogP contribution in [0.4, 0.5) is 11.5 Å². The highest BCUT2D eigenvalue weighted by molar-refractivity contribution is 5.56. The van der Waals surface area contributed by atoms with Gasteiger partial charge in [0.05, 0.1) is 4.92 Å². The molecule has 17 heavy (non-hydrogen) atoms. The fraction of sp³-hybridized carbons (Fsp3) is 0.545. The number of aliphatic hydroxyl groups excluding tert-OH is 1. The zero-order chi connectivity index (χ0) is 12.8. The number of nitrogens with one attached hydrogen (secondary N) is 1. The van der Waals surface area contributed by atoms with Gasteiger partial charge in [0, 0.05) is 24.4 Å². The van der Waals surface area contributed by atoms with E-state index in [2.05, 4.69) is 10.3 Å². The van der Waals surface area contributed by atoms with Crippen molar-refractivity contribution in [3.05, 3.63) is 27.9 Å². The Kier molecular flexibility index (Phi) is 4.84. The normalized spacial score (nSPS) is 12.2. The van der Waals surface area contributed by atoms with E-state index in [1.807, 2.05) is 6.92 Å². The van der Waals surface area contributed by atoms with E-state index in [-0.39, 0.29) is 18.3 Å². The molecular formula is C11H17N3O3. The molecule has 0 bridgehead atoms. The molecule has 6 nitrogen and oxygen atoms in total. The molecule has 1 unspecified atom stereocenters. The van der Waals surface area contributed by atoms with Crippen molar-refractivity contribution in [1.82, 2.24) is 4.98 Å². The lowest BCUT2D eigenvalue weighted by molar-refractivity contribution is -0.384.